The van der Waals surface area contributed by atoms with E-state index in [1.807, 2.05) is 7.05 Å². The molecular weight excluding hydrogens is 230 g/mol. The summed E-state index contributed by atoms with van der Waals surface area (Å²) < 4.78 is 0. The van der Waals surface area contributed by atoms with Crippen molar-refractivity contribution < 1.29 is 0 Å². The van der Waals surface area contributed by atoms with Crippen LogP contribution in [0.4, 0.5) is 0 Å². The third-order valence-electron chi connectivity index (χ3n) is 3.99. The predicted octanol–water partition coefficient (Wildman–Crippen LogP) is 5.69. The molecular formula is C18H35N. The van der Waals surface area contributed by atoms with Gasteiger partial charge >= 0.3 is 0 Å². The zero-order valence-electron chi connectivity index (χ0n) is 14.3. The first-order chi connectivity index (χ1) is 8.88. The SMILES string of the molecule is CCCC(C)C/C=C\C(=C(/C)NC)C(C)(C)CCC. The Kier molecular flexibility index (Phi) is 8.88. The van der Waals surface area contributed by atoms with Gasteiger partial charge in [-0.3, -0.25) is 0 Å². The van der Waals surface area contributed by atoms with Gasteiger partial charge in [0.05, 0.1) is 0 Å². The molecule has 1 N–H and O–H groups in total. The van der Waals surface area contributed by atoms with Crippen LogP contribution >= 0.6 is 0 Å². The zero-order valence-corrected chi connectivity index (χ0v) is 14.3. The Bertz CT molecular complexity index is 297. The molecule has 1 nitrogen and oxygen atoms in total. The van der Waals surface area contributed by atoms with E-state index in [9.17, 15) is 0 Å². The highest BCUT2D eigenvalue weighted by Crippen LogP contribution is 2.34. The summed E-state index contributed by atoms with van der Waals surface area (Å²) in [5.74, 6) is 0.798. The van der Waals surface area contributed by atoms with E-state index in [-0.39, 0.29) is 5.41 Å². The molecule has 0 aromatic heterocycles. The molecule has 0 heterocycles. The van der Waals surface area contributed by atoms with E-state index in [0.717, 1.165) is 5.92 Å². The van der Waals surface area contributed by atoms with E-state index in [1.54, 1.807) is 0 Å². The van der Waals surface area contributed by atoms with Gasteiger partial charge in [0.1, 0.15) is 0 Å². The normalized spacial score (nSPS) is 15.5. The van der Waals surface area contributed by atoms with E-state index in [1.165, 1.54) is 43.4 Å². The minimum Gasteiger partial charge on any atom is -0.391 e. The molecule has 0 saturated heterocycles. The van der Waals surface area contributed by atoms with Crippen molar-refractivity contribution in [2.45, 2.75) is 73.6 Å². The van der Waals surface area contributed by atoms with E-state index >= 15 is 0 Å². The number of nitrogens with one attached hydrogen (secondary N) is 1. The second kappa shape index (κ2) is 9.23. The van der Waals surface area contributed by atoms with Gasteiger partial charge in [0.15, 0.2) is 0 Å². The van der Waals surface area contributed by atoms with Crippen molar-refractivity contribution in [1.29, 1.82) is 0 Å². The van der Waals surface area contributed by atoms with Crippen molar-refractivity contribution in [3.63, 3.8) is 0 Å². The molecule has 0 aliphatic heterocycles. The average molecular weight is 265 g/mol. The molecule has 0 rings (SSSR count). The van der Waals surface area contributed by atoms with E-state index in [4.69, 9.17) is 0 Å². The summed E-state index contributed by atoms with van der Waals surface area (Å²) in [6, 6.07) is 0. The third kappa shape index (κ3) is 6.84. The summed E-state index contributed by atoms with van der Waals surface area (Å²) >= 11 is 0. The van der Waals surface area contributed by atoms with Crippen LogP contribution in [0.25, 0.3) is 0 Å². The summed E-state index contributed by atoms with van der Waals surface area (Å²) in [6.07, 6.45) is 11.0. The third-order valence-corrected chi connectivity index (χ3v) is 3.99. The Hall–Kier alpha value is -0.720. The van der Waals surface area contributed by atoms with E-state index in [2.05, 4.69) is 59.0 Å². The molecule has 1 heteroatoms. The maximum atomic E-state index is 3.32. The van der Waals surface area contributed by atoms with E-state index < -0.39 is 0 Å². The Labute approximate surface area is 121 Å². The quantitative estimate of drug-likeness (QED) is 0.528. The molecule has 0 amide bonds. The molecule has 1 atom stereocenters. The van der Waals surface area contributed by atoms with Crippen LogP contribution in [-0.2, 0) is 0 Å². The number of rotatable bonds is 9. The molecule has 0 spiro atoms. The van der Waals surface area contributed by atoms with Crippen LogP contribution in [0.5, 0.6) is 0 Å². The Morgan fingerprint density at radius 2 is 1.84 bits per heavy atom. The van der Waals surface area contributed by atoms with Crippen molar-refractivity contribution in [1.82, 2.24) is 5.32 Å². The number of hydrogen-bond acceptors (Lipinski definition) is 1. The first kappa shape index (κ1) is 18.3. The fraction of sp³-hybridized carbons (Fsp3) is 0.778. The van der Waals surface area contributed by atoms with Gasteiger partial charge in [0.2, 0.25) is 0 Å². The smallest absolute Gasteiger partial charge is 0.0110 e. The maximum Gasteiger partial charge on any atom is 0.0110 e. The fourth-order valence-electron chi connectivity index (χ4n) is 2.78. The number of allylic oxidation sites excluding steroid dienone is 4. The van der Waals surface area contributed by atoms with Crippen LogP contribution in [-0.4, -0.2) is 7.05 Å². The first-order valence-corrected chi connectivity index (χ1v) is 7.94. The van der Waals surface area contributed by atoms with Crippen molar-refractivity contribution in [2.75, 3.05) is 7.05 Å². The molecule has 1 unspecified atom stereocenters. The minimum atomic E-state index is 0.256. The topological polar surface area (TPSA) is 12.0 Å². The first-order valence-electron chi connectivity index (χ1n) is 7.94. The van der Waals surface area contributed by atoms with Crippen LogP contribution < -0.4 is 5.32 Å². The van der Waals surface area contributed by atoms with Gasteiger partial charge in [-0.05, 0) is 36.7 Å². The summed E-state index contributed by atoms with van der Waals surface area (Å²) in [5.41, 5.74) is 3.02. The molecule has 112 valence electrons. The van der Waals surface area contributed by atoms with Gasteiger partial charge in [-0.2, -0.15) is 0 Å². The average Bonchev–Trinajstić information content (AvgIpc) is 2.33. The molecule has 0 fully saturated rings. The summed E-state index contributed by atoms with van der Waals surface area (Å²) in [4.78, 5) is 0. The standard InChI is InChI=1S/C18H35N/c1-8-11-15(3)12-10-13-17(16(4)19-7)18(5,6)14-9-2/h10,13,15,19H,8-9,11-12,14H2,1-7H3/b13-10-,17-16-. The van der Waals surface area contributed by atoms with Gasteiger partial charge in [-0.1, -0.05) is 66.0 Å². The molecule has 0 bridgehead atoms. The Balaban J connectivity index is 4.86. The molecule has 0 aromatic rings. The van der Waals surface area contributed by atoms with Crippen molar-refractivity contribution >= 4 is 0 Å². The molecule has 0 saturated carbocycles. The van der Waals surface area contributed by atoms with Crippen LogP contribution in [0.1, 0.15) is 73.6 Å². The second-order valence-corrected chi connectivity index (χ2v) is 6.45. The summed E-state index contributed by atoms with van der Waals surface area (Å²) in [6.45, 7) is 13.8. The lowest BCUT2D eigenvalue weighted by Crippen LogP contribution is -2.19. The molecule has 0 aliphatic carbocycles. The van der Waals surface area contributed by atoms with Crippen molar-refractivity contribution in [3.8, 4) is 0 Å². The lowest BCUT2D eigenvalue weighted by molar-refractivity contribution is 0.406. The Morgan fingerprint density at radius 1 is 1.21 bits per heavy atom. The Morgan fingerprint density at radius 3 is 2.32 bits per heavy atom. The highest BCUT2D eigenvalue weighted by atomic mass is 14.8. The van der Waals surface area contributed by atoms with Crippen molar-refractivity contribution in [2.24, 2.45) is 11.3 Å². The van der Waals surface area contributed by atoms with Gasteiger partial charge in [-0.25, -0.2) is 0 Å². The summed E-state index contributed by atoms with van der Waals surface area (Å²) in [5, 5.41) is 3.32. The van der Waals surface area contributed by atoms with Crippen LogP contribution in [0.15, 0.2) is 23.4 Å². The maximum absolute atomic E-state index is 3.32. The van der Waals surface area contributed by atoms with E-state index in [0.29, 0.717) is 0 Å². The zero-order chi connectivity index (χ0) is 14.9. The molecule has 19 heavy (non-hydrogen) atoms. The minimum absolute atomic E-state index is 0.256. The lowest BCUT2D eigenvalue weighted by Gasteiger charge is -2.28. The van der Waals surface area contributed by atoms with Gasteiger partial charge in [-0.15, -0.1) is 0 Å². The second-order valence-electron chi connectivity index (χ2n) is 6.45. The van der Waals surface area contributed by atoms with Crippen LogP contribution in [0, 0.1) is 11.3 Å². The molecule has 0 aliphatic rings. The number of hydrogen-bond donors (Lipinski definition) is 1. The van der Waals surface area contributed by atoms with Crippen molar-refractivity contribution in [3.05, 3.63) is 23.4 Å². The van der Waals surface area contributed by atoms with Crippen LogP contribution in [0.2, 0.25) is 0 Å². The van der Waals surface area contributed by atoms with Gasteiger partial charge in [0.25, 0.3) is 0 Å². The highest BCUT2D eigenvalue weighted by Gasteiger charge is 2.22. The monoisotopic (exact) mass is 265 g/mol. The molecule has 0 radical (unpaired) electrons. The predicted molar refractivity (Wildman–Crippen MR) is 88.3 cm³/mol. The lowest BCUT2D eigenvalue weighted by atomic mass is 9.78. The van der Waals surface area contributed by atoms with Crippen LogP contribution in [0.3, 0.4) is 0 Å². The largest absolute Gasteiger partial charge is 0.391 e. The molecule has 0 aromatic carbocycles. The highest BCUT2D eigenvalue weighted by molar-refractivity contribution is 5.29. The fourth-order valence-corrected chi connectivity index (χ4v) is 2.78. The van der Waals surface area contributed by atoms with Gasteiger partial charge in [0, 0.05) is 12.7 Å². The van der Waals surface area contributed by atoms with Gasteiger partial charge < -0.3 is 5.32 Å². The summed E-state index contributed by atoms with van der Waals surface area (Å²) in [7, 11) is 2.02.